The van der Waals surface area contributed by atoms with Crippen molar-refractivity contribution >= 4 is 11.7 Å². The van der Waals surface area contributed by atoms with Crippen LogP contribution in [0.1, 0.15) is 70.9 Å². The summed E-state index contributed by atoms with van der Waals surface area (Å²) in [5.74, 6) is -0.539. The van der Waals surface area contributed by atoms with Gasteiger partial charge in [0.15, 0.2) is 0 Å². The van der Waals surface area contributed by atoms with Crippen molar-refractivity contribution in [2.75, 3.05) is 0 Å². The minimum absolute atomic E-state index is 0.258. The van der Waals surface area contributed by atoms with E-state index in [0.717, 1.165) is 30.5 Å². The van der Waals surface area contributed by atoms with Gasteiger partial charge in [0.25, 0.3) is 0 Å². The summed E-state index contributed by atoms with van der Waals surface area (Å²) in [5.41, 5.74) is 1.21. The first-order valence-electron chi connectivity index (χ1n) is 10.7. The van der Waals surface area contributed by atoms with Crippen LogP contribution in [0.5, 0.6) is 0 Å². The summed E-state index contributed by atoms with van der Waals surface area (Å²) in [6.07, 6.45) is 2.70. The predicted molar refractivity (Wildman–Crippen MR) is 120 cm³/mol. The van der Waals surface area contributed by atoms with Crippen molar-refractivity contribution in [3.8, 4) is 0 Å². The first-order valence-corrected chi connectivity index (χ1v) is 10.7. The van der Waals surface area contributed by atoms with Gasteiger partial charge in [-0.05, 0) is 57.7 Å². The Kier molecular flexibility index (Phi) is 6.30. The average Bonchev–Trinajstić information content (AvgIpc) is 2.97. The fourth-order valence-electron chi connectivity index (χ4n) is 4.22. The third kappa shape index (κ3) is 4.25. The van der Waals surface area contributed by atoms with Gasteiger partial charge in [-0.15, -0.1) is 0 Å². The smallest absolute Gasteiger partial charge is 0.328 e. The summed E-state index contributed by atoms with van der Waals surface area (Å²) < 4.78 is 14.7. The Morgan fingerprint density at radius 2 is 1.77 bits per heavy atom. The average molecular weight is 410 g/mol. The SMILES string of the molecule is CCCCC1=NN(C(=O)NC(C)(C)c2ccccc2)C(C)(C)C1c1ccccc1F. The normalized spacial score (nSPS) is 18.3. The summed E-state index contributed by atoms with van der Waals surface area (Å²) in [5, 5.41) is 9.36. The van der Waals surface area contributed by atoms with Crippen molar-refractivity contribution in [2.45, 2.75) is 70.9 Å². The van der Waals surface area contributed by atoms with Crippen LogP contribution in [0.2, 0.25) is 0 Å². The number of rotatable bonds is 6. The molecule has 2 amide bonds. The maximum absolute atomic E-state index is 14.7. The van der Waals surface area contributed by atoms with Crippen LogP contribution in [-0.4, -0.2) is 22.3 Å². The number of halogens is 1. The van der Waals surface area contributed by atoms with Crippen LogP contribution < -0.4 is 5.32 Å². The molecule has 5 heteroatoms. The molecule has 0 spiro atoms. The lowest BCUT2D eigenvalue weighted by atomic mass is 9.78. The number of hydrogen-bond acceptors (Lipinski definition) is 2. The minimum atomic E-state index is -0.692. The van der Waals surface area contributed by atoms with Crippen molar-refractivity contribution in [2.24, 2.45) is 5.10 Å². The molecule has 1 aliphatic heterocycles. The van der Waals surface area contributed by atoms with E-state index in [2.05, 4.69) is 12.2 Å². The Hall–Kier alpha value is -2.69. The van der Waals surface area contributed by atoms with Gasteiger partial charge in [0, 0.05) is 5.71 Å². The van der Waals surface area contributed by atoms with Gasteiger partial charge < -0.3 is 5.32 Å². The van der Waals surface area contributed by atoms with Gasteiger partial charge >= 0.3 is 6.03 Å². The van der Waals surface area contributed by atoms with E-state index in [0.29, 0.717) is 5.56 Å². The highest BCUT2D eigenvalue weighted by Gasteiger charge is 2.48. The van der Waals surface area contributed by atoms with Crippen LogP contribution in [0.25, 0.3) is 0 Å². The van der Waals surface area contributed by atoms with Crippen molar-refractivity contribution in [1.29, 1.82) is 0 Å². The maximum atomic E-state index is 14.7. The molecule has 0 bridgehead atoms. The van der Waals surface area contributed by atoms with Gasteiger partial charge in [-0.2, -0.15) is 5.10 Å². The third-order valence-corrected chi connectivity index (χ3v) is 5.92. The van der Waals surface area contributed by atoms with E-state index in [4.69, 9.17) is 5.10 Å². The first-order chi connectivity index (χ1) is 14.2. The topological polar surface area (TPSA) is 44.7 Å². The minimum Gasteiger partial charge on any atom is -0.328 e. The number of nitrogens with one attached hydrogen (secondary N) is 1. The molecule has 1 N–H and O–H groups in total. The van der Waals surface area contributed by atoms with E-state index < -0.39 is 11.1 Å². The van der Waals surface area contributed by atoms with E-state index in [9.17, 15) is 9.18 Å². The van der Waals surface area contributed by atoms with E-state index in [1.807, 2.05) is 64.1 Å². The molecule has 1 unspecified atom stereocenters. The highest BCUT2D eigenvalue weighted by atomic mass is 19.1. The highest BCUT2D eigenvalue weighted by molar-refractivity contribution is 5.96. The van der Waals surface area contributed by atoms with Gasteiger partial charge in [0.1, 0.15) is 5.82 Å². The molecule has 1 atom stereocenters. The monoisotopic (exact) mass is 409 g/mol. The van der Waals surface area contributed by atoms with Gasteiger partial charge in [0.2, 0.25) is 0 Å². The number of nitrogens with zero attached hydrogens (tertiary/aromatic N) is 2. The molecular formula is C25H32FN3O. The van der Waals surface area contributed by atoms with Crippen LogP contribution in [-0.2, 0) is 5.54 Å². The summed E-state index contributed by atoms with van der Waals surface area (Å²) in [7, 11) is 0. The molecule has 4 nitrogen and oxygen atoms in total. The molecule has 30 heavy (non-hydrogen) atoms. The fourth-order valence-corrected chi connectivity index (χ4v) is 4.22. The lowest BCUT2D eigenvalue weighted by molar-refractivity contribution is 0.137. The summed E-state index contributed by atoms with van der Waals surface area (Å²) >= 11 is 0. The van der Waals surface area contributed by atoms with Gasteiger partial charge in [-0.25, -0.2) is 14.2 Å². The molecule has 1 heterocycles. The van der Waals surface area contributed by atoms with E-state index >= 15 is 0 Å². The van der Waals surface area contributed by atoms with Gasteiger partial charge in [0.05, 0.1) is 17.0 Å². The quantitative estimate of drug-likeness (QED) is 0.607. The fraction of sp³-hybridized carbons (Fsp3) is 0.440. The Balaban J connectivity index is 1.93. The number of hydrazone groups is 1. The number of urea groups is 1. The summed E-state index contributed by atoms with van der Waals surface area (Å²) in [6, 6.07) is 16.4. The molecule has 3 rings (SSSR count). The number of carbonyl (C=O) groups excluding carboxylic acids is 1. The molecular weight excluding hydrogens is 377 g/mol. The Labute approximate surface area is 179 Å². The van der Waals surface area contributed by atoms with E-state index in [1.54, 1.807) is 12.1 Å². The number of benzene rings is 2. The second kappa shape index (κ2) is 8.58. The van der Waals surface area contributed by atoms with Crippen LogP contribution in [0.3, 0.4) is 0 Å². The van der Waals surface area contributed by atoms with Crippen molar-refractivity contribution in [3.63, 3.8) is 0 Å². The largest absolute Gasteiger partial charge is 0.339 e. The lowest BCUT2D eigenvalue weighted by Gasteiger charge is -2.37. The Morgan fingerprint density at radius 3 is 2.40 bits per heavy atom. The number of hydrogen-bond donors (Lipinski definition) is 1. The van der Waals surface area contributed by atoms with Crippen molar-refractivity contribution in [1.82, 2.24) is 10.3 Å². The number of unbranched alkanes of at least 4 members (excludes halogenated alkanes) is 1. The molecule has 0 aliphatic carbocycles. The van der Waals surface area contributed by atoms with Gasteiger partial charge in [-0.3, -0.25) is 0 Å². The zero-order chi connectivity index (χ0) is 21.9. The van der Waals surface area contributed by atoms with Crippen LogP contribution >= 0.6 is 0 Å². The zero-order valence-electron chi connectivity index (χ0n) is 18.6. The predicted octanol–water partition coefficient (Wildman–Crippen LogP) is 6.19. The second-order valence-electron chi connectivity index (χ2n) is 9.04. The van der Waals surface area contributed by atoms with E-state index in [1.165, 1.54) is 11.1 Å². The molecule has 0 fully saturated rings. The molecule has 0 saturated heterocycles. The Morgan fingerprint density at radius 1 is 1.13 bits per heavy atom. The summed E-state index contributed by atoms with van der Waals surface area (Å²) in [4.78, 5) is 13.3. The molecule has 2 aromatic carbocycles. The first kappa shape index (κ1) is 22.0. The summed E-state index contributed by atoms with van der Waals surface area (Å²) in [6.45, 7) is 9.98. The lowest BCUT2D eigenvalue weighted by Crippen LogP contribution is -2.53. The van der Waals surface area contributed by atoms with Gasteiger partial charge in [-0.1, -0.05) is 61.9 Å². The van der Waals surface area contributed by atoms with Crippen molar-refractivity contribution in [3.05, 3.63) is 71.5 Å². The van der Waals surface area contributed by atoms with Crippen LogP contribution in [0.4, 0.5) is 9.18 Å². The van der Waals surface area contributed by atoms with Crippen molar-refractivity contribution < 1.29 is 9.18 Å². The molecule has 0 radical (unpaired) electrons. The Bertz CT molecular complexity index is 921. The highest BCUT2D eigenvalue weighted by Crippen LogP contribution is 2.42. The molecule has 0 saturated carbocycles. The maximum Gasteiger partial charge on any atom is 0.339 e. The zero-order valence-corrected chi connectivity index (χ0v) is 18.6. The molecule has 0 aromatic heterocycles. The van der Waals surface area contributed by atoms with E-state index in [-0.39, 0.29) is 17.8 Å². The number of amides is 2. The molecule has 2 aromatic rings. The standard InChI is InChI=1S/C25H32FN3O/c1-6-7-17-21-22(19-15-11-12-16-20(19)26)25(4,5)29(28-21)23(30)27-24(2,3)18-13-9-8-10-14-18/h8-16,22H,6-7,17H2,1-5H3,(H,27,30). The van der Waals surface area contributed by atoms with Crippen LogP contribution in [0, 0.1) is 5.82 Å². The molecule has 160 valence electrons. The molecule has 1 aliphatic rings. The third-order valence-electron chi connectivity index (χ3n) is 5.92. The van der Waals surface area contributed by atoms with Crippen LogP contribution in [0.15, 0.2) is 59.7 Å². The number of carbonyl (C=O) groups is 1. The second-order valence-corrected chi connectivity index (χ2v) is 9.04.